The number of unbranched alkanes of at least 4 members (excludes halogenated alkanes) is 1. The van der Waals surface area contributed by atoms with Gasteiger partial charge in [0.2, 0.25) is 0 Å². The molecule has 0 aliphatic rings. The van der Waals surface area contributed by atoms with Crippen LogP contribution in [0.5, 0.6) is 0 Å². The third-order valence-electron chi connectivity index (χ3n) is 5.71. The van der Waals surface area contributed by atoms with E-state index in [2.05, 4.69) is 0 Å². The standard InChI is InChI=1S/C26H37F3O5/c1-4-33-25(32)23-16-14-21(15-17-23)9-7-10-22(19(2)30)11-8-13-24(34-20(3)31)12-5-6-18-26(27,28)29/h14-17,22,24H,4-13,18H2,1-3H3. The van der Waals surface area contributed by atoms with E-state index in [0.29, 0.717) is 44.3 Å². The number of carbonyl (C=O) groups excluding carboxylic acids is 3. The number of esters is 2. The summed E-state index contributed by atoms with van der Waals surface area (Å²) in [6, 6.07) is 7.24. The van der Waals surface area contributed by atoms with Crippen LogP contribution in [-0.4, -0.2) is 36.6 Å². The number of ketones is 1. The lowest BCUT2D eigenvalue weighted by Crippen LogP contribution is -2.18. The minimum absolute atomic E-state index is 0.0120. The van der Waals surface area contributed by atoms with Gasteiger partial charge in [0.25, 0.3) is 0 Å². The molecular formula is C26H37F3O5. The minimum atomic E-state index is -4.17. The Morgan fingerprint density at radius 1 is 0.882 bits per heavy atom. The van der Waals surface area contributed by atoms with Crippen LogP contribution in [0.1, 0.15) is 94.5 Å². The Morgan fingerprint density at radius 2 is 1.50 bits per heavy atom. The molecule has 0 aliphatic carbocycles. The second-order valence-corrected chi connectivity index (χ2v) is 8.64. The Morgan fingerprint density at radius 3 is 2.06 bits per heavy atom. The molecule has 1 aromatic carbocycles. The van der Waals surface area contributed by atoms with Crippen molar-refractivity contribution < 1.29 is 37.0 Å². The summed E-state index contributed by atoms with van der Waals surface area (Å²) in [5, 5.41) is 0. The Labute approximate surface area is 200 Å². The highest BCUT2D eigenvalue weighted by atomic mass is 19.4. The molecule has 0 aromatic heterocycles. The molecule has 8 heteroatoms. The van der Waals surface area contributed by atoms with Gasteiger partial charge in [-0.3, -0.25) is 9.59 Å². The van der Waals surface area contributed by atoms with E-state index in [1.54, 1.807) is 26.0 Å². The summed E-state index contributed by atoms with van der Waals surface area (Å²) in [5.41, 5.74) is 1.58. The van der Waals surface area contributed by atoms with Gasteiger partial charge in [0, 0.05) is 19.3 Å². The first-order valence-corrected chi connectivity index (χ1v) is 12.0. The molecule has 0 saturated heterocycles. The first kappa shape index (κ1) is 29.7. The molecule has 0 amide bonds. The number of Topliss-reactive ketones (excluding diaryl/α,β-unsaturated/α-hetero) is 1. The normalized spacial score (nSPS) is 13.2. The highest BCUT2D eigenvalue weighted by Gasteiger charge is 2.26. The highest BCUT2D eigenvalue weighted by molar-refractivity contribution is 5.89. The van der Waals surface area contributed by atoms with E-state index in [4.69, 9.17) is 9.47 Å². The molecule has 0 radical (unpaired) electrons. The molecule has 34 heavy (non-hydrogen) atoms. The van der Waals surface area contributed by atoms with Crippen LogP contribution in [0.4, 0.5) is 13.2 Å². The Kier molecular flexibility index (Phi) is 13.5. The number of ether oxygens (including phenoxy) is 2. The molecule has 5 nitrogen and oxygen atoms in total. The number of rotatable bonds is 16. The molecule has 2 unspecified atom stereocenters. The fourth-order valence-electron chi connectivity index (χ4n) is 3.91. The Hall–Kier alpha value is -2.38. The van der Waals surface area contributed by atoms with Crippen LogP contribution in [-0.2, 0) is 25.5 Å². The van der Waals surface area contributed by atoms with Crippen LogP contribution in [0.2, 0.25) is 0 Å². The lowest BCUT2D eigenvalue weighted by atomic mass is 9.90. The Balaban J connectivity index is 2.44. The van der Waals surface area contributed by atoms with Crippen molar-refractivity contribution >= 4 is 17.7 Å². The number of benzene rings is 1. The zero-order chi connectivity index (χ0) is 25.6. The van der Waals surface area contributed by atoms with Gasteiger partial charge in [-0.15, -0.1) is 0 Å². The zero-order valence-corrected chi connectivity index (χ0v) is 20.4. The van der Waals surface area contributed by atoms with Gasteiger partial charge >= 0.3 is 18.1 Å². The third kappa shape index (κ3) is 13.4. The topological polar surface area (TPSA) is 69.7 Å². The van der Waals surface area contributed by atoms with E-state index >= 15 is 0 Å². The van der Waals surface area contributed by atoms with Gasteiger partial charge in [0.1, 0.15) is 11.9 Å². The summed E-state index contributed by atoms with van der Waals surface area (Å²) in [4.78, 5) is 35.1. The number of alkyl halides is 3. The lowest BCUT2D eigenvalue weighted by Gasteiger charge is -2.19. The first-order chi connectivity index (χ1) is 16.0. The van der Waals surface area contributed by atoms with E-state index in [0.717, 1.165) is 24.8 Å². The molecule has 0 N–H and O–H groups in total. The molecule has 0 fully saturated rings. The highest BCUT2D eigenvalue weighted by Crippen LogP contribution is 2.25. The van der Waals surface area contributed by atoms with E-state index in [9.17, 15) is 27.6 Å². The molecule has 1 aromatic rings. The maximum Gasteiger partial charge on any atom is 0.389 e. The minimum Gasteiger partial charge on any atom is -0.463 e. The SMILES string of the molecule is CCOC(=O)c1ccc(CCCC(CCCC(CCCCC(F)(F)F)OC(C)=O)C(C)=O)cc1. The van der Waals surface area contributed by atoms with Crippen LogP contribution < -0.4 is 0 Å². The number of hydrogen-bond acceptors (Lipinski definition) is 5. The van der Waals surface area contributed by atoms with E-state index in [1.165, 1.54) is 6.92 Å². The maximum atomic E-state index is 12.3. The Bertz CT molecular complexity index is 759. The number of halogens is 3. The van der Waals surface area contributed by atoms with Crippen molar-refractivity contribution in [2.24, 2.45) is 5.92 Å². The lowest BCUT2D eigenvalue weighted by molar-refractivity contribution is -0.148. The average molecular weight is 487 g/mol. The van der Waals surface area contributed by atoms with Crippen LogP contribution in [0.25, 0.3) is 0 Å². The van der Waals surface area contributed by atoms with Crippen molar-refractivity contribution in [1.29, 1.82) is 0 Å². The van der Waals surface area contributed by atoms with Gasteiger partial charge in [0.05, 0.1) is 12.2 Å². The molecule has 0 bridgehead atoms. The summed E-state index contributed by atoms with van der Waals surface area (Å²) in [6.45, 7) is 4.94. The fourth-order valence-corrected chi connectivity index (χ4v) is 3.91. The van der Waals surface area contributed by atoms with Crippen molar-refractivity contribution in [2.75, 3.05) is 6.61 Å². The molecule has 0 spiro atoms. The molecule has 1 rings (SSSR count). The summed E-state index contributed by atoms with van der Waals surface area (Å²) < 4.78 is 47.2. The molecule has 0 aliphatic heterocycles. The van der Waals surface area contributed by atoms with Crippen molar-refractivity contribution in [2.45, 2.75) is 97.3 Å². The smallest absolute Gasteiger partial charge is 0.389 e. The summed E-state index contributed by atoms with van der Waals surface area (Å²) in [6.07, 6.45) is -0.529. The van der Waals surface area contributed by atoms with Crippen molar-refractivity contribution in [1.82, 2.24) is 0 Å². The second kappa shape index (κ2) is 15.5. The number of hydrogen-bond donors (Lipinski definition) is 0. The van der Waals surface area contributed by atoms with Crippen molar-refractivity contribution in [3.63, 3.8) is 0 Å². The predicted molar refractivity (Wildman–Crippen MR) is 123 cm³/mol. The van der Waals surface area contributed by atoms with Gasteiger partial charge in [-0.25, -0.2) is 4.79 Å². The van der Waals surface area contributed by atoms with Crippen molar-refractivity contribution in [3.8, 4) is 0 Å². The molecular weight excluding hydrogens is 449 g/mol. The van der Waals surface area contributed by atoms with Gasteiger partial charge in [-0.1, -0.05) is 12.1 Å². The molecule has 192 valence electrons. The molecule has 0 saturated carbocycles. The zero-order valence-electron chi connectivity index (χ0n) is 20.4. The second-order valence-electron chi connectivity index (χ2n) is 8.64. The van der Waals surface area contributed by atoms with Crippen molar-refractivity contribution in [3.05, 3.63) is 35.4 Å². The number of carbonyl (C=O) groups is 3. The average Bonchev–Trinajstić information content (AvgIpc) is 2.74. The first-order valence-electron chi connectivity index (χ1n) is 12.0. The predicted octanol–water partition coefficient (Wildman–Crippen LogP) is 6.62. The summed E-state index contributed by atoms with van der Waals surface area (Å²) in [5.74, 6) is -0.801. The molecule has 0 heterocycles. The largest absolute Gasteiger partial charge is 0.463 e. The van der Waals surface area contributed by atoms with Crippen LogP contribution in [0.15, 0.2) is 24.3 Å². The van der Waals surface area contributed by atoms with E-state index < -0.39 is 24.7 Å². The molecule has 2 atom stereocenters. The van der Waals surface area contributed by atoms with Gasteiger partial charge in [0.15, 0.2) is 0 Å². The fraction of sp³-hybridized carbons (Fsp3) is 0.654. The van der Waals surface area contributed by atoms with Gasteiger partial charge in [-0.2, -0.15) is 13.2 Å². The maximum absolute atomic E-state index is 12.3. The quantitative estimate of drug-likeness (QED) is 0.194. The van der Waals surface area contributed by atoms with Crippen LogP contribution in [0.3, 0.4) is 0 Å². The summed E-state index contributed by atoms with van der Waals surface area (Å²) >= 11 is 0. The van der Waals surface area contributed by atoms with Crippen LogP contribution >= 0.6 is 0 Å². The summed E-state index contributed by atoms with van der Waals surface area (Å²) in [7, 11) is 0. The van der Waals surface area contributed by atoms with Gasteiger partial charge in [-0.05, 0) is 89.3 Å². The van der Waals surface area contributed by atoms with Crippen LogP contribution in [0, 0.1) is 5.92 Å². The van der Waals surface area contributed by atoms with Gasteiger partial charge < -0.3 is 9.47 Å². The number of aryl methyl sites for hydroxylation is 1. The van der Waals surface area contributed by atoms with E-state index in [1.807, 2.05) is 12.1 Å². The van der Waals surface area contributed by atoms with E-state index in [-0.39, 0.29) is 24.1 Å². The monoisotopic (exact) mass is 486 g/mol. The third-order valence-corrected chi connectivity index (χ3v) is 5.71.